The number of nitrogens with one attached hydrogen (secondary N) is 1. The van der Waals surface area contributed by atoms with Crippen molar-refractivity contribution in [2.75, 3.05) is 32.1 Å². The molecule has 94 valence electrons. The van der Waals surface area contributed by atoms with Crippen LogP contribution in [0, 0.1) is 3.57 Å². The predicted octanol–water partition coefficient (Wildman–Crippen LogP) is 0.289. The Labute approximate surface area is 113 Å². The van der Waals surface area contributed by atoms with Crippen LogP contribution in [0.3, 0.4) is 0 Å². The van der Waals surface area contributed by atoms with Crippen molar-refractivity contribution < 1.29 is 4.79 Å². The first-order valence-electron chi connectivity index (χ1n) is 5.15. The average molecular weight is 350 g/mol. The van der Waals surface area contributed by atoms with Crippen molar-refractivity contribution in [3.63, 3.8) is 0 Å². The van der Waals surface area contributed by atoms with Crippen LogP contribution in [-0.4, -0.2) is 48.0 Å². The molecule has 0 aliphatic carbocycles. The standard InChI is InChI=1S/C10H15IN4O2/c1-4-15(5-7(16)14(2)3)9-8(11)10(17)13-6-12-9/h6H,4-5H2,1-3H3,(H,12,13,17). The van der Waals surface area contributed by atoms with Gasteiger partial charge >= 0.3 is 0 Å². The van der Waals surface area contributed by atoms with Gasteiger partial charge in [0, 0.05) is 20.6 Å². The number of halogens is 1. The molecule has 0 aromatic carbocycles. The SMILES string of the molecule is CCN(CC(=O)N(C)C)c1nc[nH]c(=O)c1I. The monoisotopic (exact) mass is 350 g/mol. The van der Waals surface area contributed by atoms with E-state index < -0.39 is 0 Å². The molecule has 0 aliphatic heterocycles. The third-order valence-corrected chi connectivity index (χ3v) is 3.26. The zero-order valence-corrected chi connectivity index (χ0v) is 12.2. The molecule has 0 spiro atoms. The lowest BCUT2D eigenvalue weighted by molar-refractivity contribution is -0.127. The first kappa shape index (κ1) is 13.9. The summed E-state index contributed by atoms with van der Waals surface area (Å²) in [7, 11) is 3.40. The maximum absolute atomic E-state index is 11.6. The number of nitrogens with zero attached hydrogens (tertiary/aromatic N) is 3. The molecule has 0 atom stereocenters. The van der Waals surface area contributed by atoms with Crippen molar-refractivity contribution in [1.29, 1.82) is 0 Å². The van der Waals surface area contributed by atoms with E-state index in [0.29, 0.717) is 15.9 Å². The molecule has 1 amide bonds. The summed E-state index contributed by atoms with van der Waals surface area (Å²) >= 11 is 1.93. The second-order valence-electron chi connectivity index (χ2n) is 3.67. The van der Waals surface area contributed by atoms with Crippen LogP contribution in [0.25, 0.3) is 0 Å². The molecule has 1 aromatic heterocycles. The van der Waals surface area contributed by atoms with E-state index in [9.17, 15) is 9.59 Å². The van der Waals surface area contributed by atoms with E-state index in [1.807, 2.05) is 29.5 Å². The number of rotatable bonds is 4. The third kappa shape index (κ3) is 3.42. The summed E-state index contributed by atoms with van der Waals surface area (Å²) in [5.74, 6) is 0.525. The highest BCUT2D eigenvalue weighted by molar-refractivity contribution is 14.1. The molecule has 17 heavy (non-hydrogen) atoms. The summed E-state index contributed by atoms with van der Waals surface area (Å²) in [5, 5.41) is 0. The molecule has 1 heterocycles. The van der Waals surface area contributed by atoms with Crippen molar-refractivity contribution in [3.05, 3.63) is 20.3 Å². The largest absolute Gasteiger partial charge is 0.347 e. The van der Waals surface area contributed by atoms with Crippen molar-refractivity contribution in [1.82, 2.24) is 14.9 Å². The maximum Gasteiger partial charge on any atom is 0.266 e. The molecule has 1 N–H and O–H groups in total. The second kappa shape index (κ2) is 5.99. The summed E-state index contributed by atoms with van der Waals surface area (Å²) in [6.45, 7) is 2.75. The van der Waals surface area contributed by atoms with Gasteiger partial charge in [0.05, 0.1) is 12.9 Å². The van der Waals surface area contributed by atoms with Crippen LogP contribution in [0.2, 0.25) is 0 Å². The van der Waals surface area contributed by atoms with Gasteiger partial charge in [0.2, 0.25) is 5.91 Å². The van der Waals surface area contributed by atoms with Crippen molar-refractivity contribution in [2.24, 2.45) is 0 Å². The molecular weight excluding hydrogens is 335 g/mol. The molecule has 0 saturated carbocycles. The van der Waals surface area contributed by atoms with E-state index in [1.165, 1.54) is 11.2 Å². The van der Waals surface area contributed by atoms with Crippen LogP contribution in [0.15, 0.2) is 11.1 Å². The lowest BCUT2D eigenvalue weighted by Crippen LogP contribution is -2.38. The highest BCUT2D eigenvalue weighted by atomic mass is 127. The first-order chi connectivity index (χ1) is 7.97. The van der Waals surface area contributed by atoms with E-state index in [0.717, 1.165) is 0 Å². The Morgan fingerprint density at radius 3 is 2.71 bits per heavy atom. The summed E-state index contributed by atoms with van der Waals surface area (Å²) < 4.78 is 0.499. The minimum Gasteiger partial charge on any atom is -0.347 e. The number of hydrogen-bond donors (Lipinski definition) is 1. The van der Waals surface area contributed by atoms with Gasteiger partial charge in [-0.25, -0.2) is 4.98 Å². The number of aromatic amines is 1. The normalized spacial score (nSPS) is 10.1. The number of H-pyrrole nitrogens is 1. The number of aromatic nitrogens is 2. The molecule has 6 nitrogen and oxygen atoms in total. The Morgan fingerprint density at radius 1 is 1.53 bits per heavy atom. The van der Waals surface area contributed by atoms with E-state index in [-0.39, 0.29) is 18.0 Å². The quantitative estimate of drug-likeness (QED) is 0.793. The molecule has 7 heteroatoms. The summed E-state index contributed by atoms with van der Waals surface area (Å²) in [6.07, 6.45) is 1.35. The van der Waals surface area contributed by atoms with Gasteiger partial charge < -0.3 is 14.8 Å². The number of anilines is 1. The van der Waals surface area contributed by atoms with E-state index in [2.05, 4.69) is 9.97 Å². The van der Waals surface area contributed by atoms with Gasteiger partial charge in [0.1, 0.15) is 9.39 Å². The topological polar surface area (TPSA) is 69.3 Å². The number of carbonyl (C=O) groups is 1. The molecule has 0 saturated heterocycles. The second-order valence-corrected chi connectivity index (χ2v) is 4.75. The van der Waals surface area contributed by atoms with Gasteiger partial charge in [-0.05, 0) is 29.5 Å². The van der Waals surface area contributed by atoms with Crippen molar-refractivity contribution in [2.45, 2.75) is 6.92 Å². The van der Waals surface area contributed by atoms with Crippen LogP contribution in [-0.2, 0) is 4.79 Å². The summed E-state index contributed by atoms with van der Waals surface area (Å²) in [6, 6.07) is 0. The molecule has 1 rings (SSSR count). The minimum atomic E-state index is -0.189. The molecule has 0 fully saturated rings. The average Bonchev–Trinajstić information content (AvgIpc) is 2.29. The lowest BCUT2D eigenvalue weighted by Gasteiger charge is -2.23. The Balaban J connectivity index is 2.98. The molecule has 0 unspecified atom stereocenters. The molecule has 1 aromatic rings. The number of likely N-dealkylation sites (N-methyl/N-ethyl adjacent to an activating group) is 2. The van der Waals surface area contributed by atoms with Gasteiger partial charge in [-0.1, -0.05) is 0 Å². The van der Waals surface area contributed by atoms with Crippen LogP contribution >= 0.6 is 22.6 Å². The molecule has 0 radical (unpaired) electrons. The van der Waals surface area contributed by atoms with Crippen LogP contribution in [0.1, 0.15) is 6.92 Å². The summed E-state index contributed by atoms with van der Waals surface area (Å²) in [4.78, 5) is 33.0. The Morgan fingerprint density at radius 2 is 2.18 bits per heavy atom. The smallest absolute Gasteiger partial charge is 0.266 e. The zero-order valence-electron chi connectivity index (χ0n) is 10.0. The van der Waals surface area contributed by atoms with E-state index in [4.69, 9.17) is 0 Å². The molecular formula is C10H15IN4O2. The van der Waals surface area contributed by atoms with Gasteiger partial charge in [0.25, 0.3) is 5.56 Å². The summed E-state index contributed by atoms with van der Waals surface area (Å²) in [5.41, 5.74) is -0.189. The van der Waals surface area contributed by atoms with E-state index >= 15 is 0 Å². The number of hydrogen-bond acceptors (Lipinski definition) is 4. The Hall–Kier alpha value is -1.12. The fourth-order valence-corrected chi connectivity index (χ4v) is 1.87. The van der Waals surface area contributed by atoms with Crippen LogP contribution in [0.4, 0.5) is 5.82 Å². The van der Waals surface area contributed by atoms with Crippen molar-refractivity contribution in [3.8, 4) is 0 Å². The van der Waals surface area contributed by atoms with Gasteiger partial charge in [-0.15, -0.1) is 0 Å². The van der Waals surface area contributed by atoms with Gasteiger partial charge in [0.15, 0.2) is 0 Å². The van der Waals surface area contributed by atoms with Crippen molar-refractivity contribution >= 4 is 34.3 Å². The Kier molecular flexibility index (Phi) is 4.91. The fraction of sp³-hybridized carbons (Fsp3) is 0.500. The maximum atomic E-state index is 11.6. The van der Waals surface area contributed by atoms with Gasteiger partial charge in [-0.3, -0.25) is 9.59 Å². The number of amides is 1. The fourth-order valence-electron chi connectivity index (χ4n) is 1.24. The zero-order chi connectivity index (χ0) is 13.0. The molecule has 0 bridgehead atoms. The predicted molar refractivity (Wildman–Crippen MR) is 74.2 cm³/mol. The highest BCUT2D eigenvalue weighted by Crippen LogP contribution is 2.14. The number of carbonyl (C=O) groups excluding carboxylic acids is 1. The third-order valence-electron chi connectivity index (χ3n) is 2.28. The van der Waals surface area contributed by atoms with Crippen LogP contribution in [0.5, 0.6) is 0 Å². The minimum absolute atomic E-state index is 0.0234. The lowest BCUT2D eigenvalue weighted by atomic mass is 10.4. The van der Waals surface area contributed by atoms with Gasteiger partial charge in [-0.2, -0.15) is 0 Å². The Bertz CT molecular complexity index is 458. The van der Waals surface area contributed by atoms with Crippen LogP contribution < -0.4 is 10.5 Å². The van der Waals surface area contributed by atoms with E-state index in [1.54, 1.807) is 19.0 Å². The first-order valence-corrected chi connectivity index (χ1v) is 6.23. The molecule has 0 aliphatic rings. The highest BCUT2D eigenvalue weighted by Gasteiger charge is 2.16.